The first-order valence-electron chi connectivity index (χ1n) is 8.07. The summed E-state index contributed by atoms with van der Waals surface area (Å²) in [5, 5.41) is 0.177. The molecular weight excluding hydrogens is 280 g/mol. The molecule has 0 saturated heterocycles. The maximum atomic E-state index is 11.8. The third kappa shape index (κ3) is 5.95. The summed E-state index contributed by atoms with van der Waals surface area (Å²) in [6, 6.07) is 0. The van der Waals surface area contributed by atoms with E-state index < -0.39 is 8.32 Å². The van der Waals surface area contributed by atoms with E-state index in [1.807, 2.05) is 6.92 Å². The number of carbonyl (C=O) groups is 1. The van der Waals surface area contributed by atoms with Crippen LogP contribution in [0.3, 0.4) is 0 Å². The first-order valence-corrected chi connectivity index (χ1v) is 11.0. The van der Waals surface area contributed by atoms with Crippen molar-refractivity contribution in [3.63, 3.8) is 0 Å². The maximum absolute atomic E-state index is 11.8. The average molecular weight is 313 g/mol. The number of cyclic esters (lactones) is 1. The van der Waals surface area contributed by atoms with Gasteiger partial charge in [-0.3, -0.25) is 4.79 Å². The van der Waals surface area contributed by atoms with E-state index in [1.54, 1.807) is 0 Å². The zero-order chi connectivity index (χ0) is 16.3. The normalized spacial score (nSPS) is 30.6. The van der Waals surface area contributed by atoms with Crippen molar-refractivity contribution in [1.82, 2.24) is 0 Å². The largest absolute Gasteiger partial charge is 0.463 e. The van der Waals surface area contributed by atoms with Crippen LogP contribution >= 0.6 is 0 Å². The van der Waals surface area contributed by atoms with Gasteiger partial charge < -0.3 is 9.16 Å². The summed E-state index contributed by atoms with van der Waals surface area (Å²) >= 11 is 0. The van der Waals surface area contributed by atoms with E-state index in [-0.39, 0.29) is 23.2 Å². The number of hydrogen-bond acceptors (Lipinski definition) is 3. The summed E-state index contributed by atoms with van der Waals surface area (Å²) in [6.07, 6.45) is 6.41. The van der Waals surface area contributed by atoms with Gasteiger partial charge in [-0.05, 0) is 43.8 Å². The van der Waals surface area contributed by atoms with Crippen molar-refractivity contribution in [2.75, 3.05) is 0 Å². The standard InChI is InChI=1S/C17H32O3Si/c1-13-8-9-15(20-21(6,7)17(3,4)5)10-11-16(18)19-14(2)12-13/h8-9,13-15H,10-12H2,1-7H3/b9-8+/t13-,14-,15-/m1/s1. The fourth-order valence-corrected chi connectivity index (χ4v) is 3.56. The quantitative estimate of drug-likeness (QED) is 0.422. The van der Waals surface area contributed by atoms with Crippen molar-refractivity contribution in [2.24, 2.45) is 5.92 Å². The van der Waals surface area contributed by atoms with Crippen LogP contribution in [0.15, 0.2) is 12.2 Å². The highest BCUT2D eigenvalue weighted by molar-refractivity contribution is 6.74. The van der Waals surface area contributed by atoms with Crippen LogP contribution in [0.1, 0.15) is 53.9 Å². The molecule has 1 aliphatic heterocycles. The molecule has 0 radical (unpaired) electrons. The van der Waals surface area contributed by atoms with Gasteiger partial charge in [-0.1, -0.05) is 39.8 Å². The van der Waals surface area contributed by atoms with Crippen molar-refractivity contribution in [1.29, 1.82) is 0 Å². The smallest absolute Gasteiger partial charge is 0.306 e. The van der Waals surface area contributed by atoms with Crippen LogP contribution in [0, 0.1) is 5.92 Å². The lowest BCUT2D eigenvalue weighted by atomic mass is 10.0. The zero-order valence-corrected chi connectivity index (χ0v) is 15.7. The summed E-state index contributed by atoms with van der Waals surface area (Å²) in [5.41, 5.74) is 0. The first kappa shape index (κ1) is 18.4. The number of hydrogen-bond donors (Lipinski definition) is 0. The molecule has 0 aromatic rings. The Morgan fingerprint density at radius 1 is 1.24 bits per heavy atom. The molecule has 0 aromatic heterocycles. The highest BCUT2D eigenvalue weighted by Gasteiger charge is 2.38. The minimum Gasteiger partial charge on any atom is -0.463 e. The summed E-state index contributed by atoms with van der Waals surface area (Å²) in [6.45, 7) is 15.3. The van der Waals surface area contributed by atoms with Gasteiger partial charge in [0.25, 0.3) is 0 Å². The predicted octanol–water partition coefficient (Wildman–Crippen LogP) is 4.68. The second kappa shape index (κ2) is 7.10. The lowest BCUT2D eigenvalue weighted by molar-refractivity contribution is -0.149. The maximum Gasteiger partial charge on any atom is 0.306 e. The number of ether oxygens (including phenoxy) is 1. The van der Waals surface area contributed by atoms with Crippen LogP contribution in [0.25, 0.3) is 0 Å². The van der Waals surface area contributed by atoms with Gasteiger partial charge >= 0.3 is 5.97 Å². The van der Waals surface area contributed by atoms with Crippen molar-refractivity contribution >= 4 is 14.3 Å². The molecule has 0 aliphatic carbocycles. The Morgan fingerprint density at radius 2 is 1.86 bits per heavy atom. The van der Waals surface area contributed by atoms with Crippen molar-refractivity contribution in [3.05, 3.63) is 12.2 Å². The highest BCUT2D eigenvalue weighted by Crippen LogP contribution is 2.38. The molecule has 1 heterocycles. The number of allylic oxidation sites excluding steroid dienone is 1. The van der Waals surface area contributed by atoms with Crippen LogP contribution in [-0.2, 0) is 14.0 Å². The number of rotatable bonds is 2. The van der Waals surface area contributed by atoms with Gasteiger partial charge in [0.15, 0.2) is 8.32 Å². The minimum atomic E-state index is -1.82. The molecule has 3 nitrogen and oxygen atoms in total. The van der Waals surface area contributed by atoms with Crippen LogP contribution in [0.4, 0.5) is 0 Å². The van der Waals surface area contributed by atoms with Crippen molar-refractivity contribution in [3.8, 4) is 0 Å². The molecule has 0 saturated carbocycles. The van der Waals surface area contributed by atoms with Gasteiger partial charge in [0.05, 0.1) is 12.2 Å². The Kier molecular flexibility index (Phi) is 6.23. The topological polar surface area (TPSA) is 35.5 Å². The molecule has 3 atom stereocenters. The van der Waals surface area contributed by atoms with E-state index in [4.69, 9.17) is 9.16 Å². The van der Waals surface area contributed by atoms with E-state index in [9.17, 15) is 4.79 Å². The Morgan fingerprint density at radius 3 is 2.43 bits per heavy atom. The SMILES string of the molecule is C[C@@H]1/C=C/[C@@H](O[Si](C)(C)C(C)(C)C)CCC(=O)O[C@H](C)C1. The predicted molar refractivity (Wildman–Crippen MR) is 89.8 cm³/mol. The molecule has 0 spiro atoms. The van der Waals surface area contributed by atoms with Crippen LogP contribution in [-0.4, -0.2) is 26.5 Å². The molecule has 0 amide bonds. The lowest BCUT2D eigenvalue weighted by Crippen LogP contribution is -2.43. The lowest BCUT2D eigenvalue weighted by Gasteiger charge is -2.38. The molecular formula is C17H32O3Si. The third-order valence-electron chi connectivity index (χ3n) is 4.58. The molecule has 0 unspecified atom stereocenters. The molecule has 122 valence electrons. The van der Waals surface area contributed by atoms with Crippen molar-refractivity contribution in [2.45, 2.75) is 84.2 Å². The third-order valence-corrected chi connectivity index (χ3v) is 9.08. The monoisotopic (exact) mass is 312 g/mol. The molecule has 0 fully saturated rings. The van der Waals surface area contributed by atoms with Crippen LogP contribution < -0.4 is 0 Å². The fourth-order valence-electron chi connectivity index (χ4n) is 2.26. The summed E-state index contributed by atoms with van der Waals surface area (Å²) in [7, 11) is -1.82. The van der Waals surface area contributed by atoms with Gasteiger partial charge in [0, 0.05) is 6.42 Å². The summed E-state index contributed by atoms with van der Waals surface area (Å²) in [4.78, 5) is 11.8. The fraction of sp³-hybridized carbons (Fsp3) is 0.824. The highest BCUT2D eigenvalue weighted by atomic mass is 28.4. The van der Waals surface area contributed by atoms with Gasteiger partial charge in [-0.25, -0.2) is 0 Å². The van der Waals surface area contributed by atoms with E-state index in [0.717, 1.165) is 6.42 Å². The van der Waals surface area contributed by atoms with E-state index in [1.165, 1.54) is 0 Å². The molecule has 0 bridgehead atoms. The second-order valence-corrected chi connectivity index (χ2v) is 12.6. The number of carbonyl (C=O) groups excluding carboxylic acids is 1. The van der Waals surface area contributed by atoms with Gasteiger partial charge in [0.1, 0.15) is 0 Å². The second-order valence-electron chi connectivity index (χ2n) is 7.85. The van der Waals surface area contributed by atoms with Gasteiger partial charge in [0.2, 0.25) is 0 Å². The van der Waals surface area contributed by atoms with E-state index in [0.29, 0.717) is 18.8 Å². The minimum absolute atomic E-state index is 0.00462. The number of esters is 1. The van der Waals surface area contributed by atoms with Gasteiger partial charge in [-0.2, -0.15) is 0 Å². The molecule has 21 heavy (non-hydrogen) atoms. The zero-order valence-electron chi connectivity index (χ0n) is 14.7. The molecule has 0 N–H and O–H groups in total. The van der Waals surface area contributed by atoms with E-state index >= 15 is 0 Å². The Balaban J connectivity index is 2.82. The molecule has 0 aromatic carbocycles. The Bertz CT molecular complexity index is 382. The Hall–Kier alpha value is -0.613. The Labute approximate surface area is 131 Å². The molecule has 1 aliphatic rings. The van der Waals surface area contributed by atoms with Crippen molar-refractivity contribution < 1.29 is 14.0 Å². The van der Waals surface area contributed by atoms with E-state index in [2.05, 4.69) is 52.9 Å². The summed E-state index contributed by atoms with van der Waals surface area (Å²) < 4.78 is 11.9. The van der Waals surface area contributed by atoms with Crippen LogP contribution in [0.5, 0.6) is 0 Å². The van der Waals surface area contributed by atoms with Gasteiger partial charge in [-0.15, -0.1) is 0 Å². The average Bonchev–Trinajstić information content (AvgIpc) is 2.30. The first-order chi connectivity index (χ1) is 9.51. The molecule has 1 rings (SSSR count). The molecule has 4 heteroatoms. The van der Waals surface area contributed by atoms with Crippen LogP contribution in [0.2, 0.25) is 18.1 Å². The summed E-state index contributed by atoms with van der Waals surface area (Å²) in [5.74, 6) is 0.297.